The monoisotopic (exact) mass is 181 g/mol. The van der Waals surface area contributed by atoms with Crippen LogP contribution < -0.4 is 11.5 Å². The summed E-state index contributed by atoms with van der Waals surface area (Å²) >= 11 is 0. The van der Waals surface area contributed by atoms with E-state index >= 15 is 0 Å². The van der Waals surface area contributed by atoms with E-state index in [1.807, 2.05) is 0 Å². The summed E-state index contributed by atoms with van der Waals surface area (Å²) in [5, 5.41) is 0. The maximum Gasteiger partial charge on any atom is 0.694 e. The summed E-state index contributed by atoms with van der Waals surface area (Å²) in [7, 11) is -2.51. The predicted molar refractivity (Wildman–Crippen MR) is 42.0 cm³/mol. The first kappa shape index (κ1) is 10.9. The third-order valence-electron chi connectivity index (χ3n) is 1.18. The first-order valence-electron chi connectivity index (χ1n) is 3.41. The van der Waals surface area contributed by atoms with Crippen LogP contribution in [0.3, 0.4) is 0 Å². The molecule has 0 aromatic carbocycles. The number of hydrogen-bond donors (Lipinski definition) is 3. The second-order valence-corrected chi connectivity index (χ2v) is 2.96. The summed E-state index contributed by atoms with van der Waals surface area (Å²) in [6.45, 7) is 0.699. The second-order valence-electron chi connectivity index (χ2n) is 2.22. The quantitative estimate of drug-likeness (QED) is 0.489. The van der Waals surface area contributed by atoms with E-state index in [1.54, 1.807) is 0 Å². The minimum absolute atomic E-state index is 0.117. The lowest BCUT2D eigenvalue weighted by molar-refractivity contribution is 0.256. The van der Waals surface area contributed by atoms with Gasteiger partial charge in [-0.15, -0.1) is 9.42 Å². The zero-order valence-electron chi connectivity index (χ0n) is 6.27. The first-order chi connectivity index (χ1) is 5.16. The fraction of sp³-hybridized carbons (Fsp3) is 1.00. The van der Waals surface area contributed by atoms with Gasteiger partial charge in [-0.05, 0) is 19.4 Å². The minimum Gasteiger partial charge on any atom is -0.330 e. The molecular weight excluding hydrogens is 167 g/mol. The molecule has 0 aliphatic heterocycles. The molecule has 0 heterocycles. The van der Waals surface area contributed by atoms with Gasteiger partial charge in [0, 0.05) is 10.6 Å². The van der Waals surface area contributed by atoms with Crippen LogP contribution in [0.1, 0.15) is 12.8 Å². The summed E-state index contributed by atoms with van der Waals surface area (Å²) in [4.78, 5) is 8.23. The molecule has 0 saturated carbocycles. The zero-order valence-corrected chi connectivity index (χ0v) is 7.17. The SMILES string of the molecule is NCCCC(N)CO[P+](=O)O. The van der Waals surface area contributed by atoms with Crippen LogP contribution in [0.25, 0.3) is 0 Å². The third-order valence-corrected chi connectivity index (χ3v) is 1.55. The lowest BCUT2D eigenvalue weighted by Crippen LogP contribution is -2.25. The molecule has 2 atom stereocenters. The smallest absolute Gasteiger partial charge is 0.330 e. The lowest BCUT2D eigenvalue weighted by Gasteiger charge is -2.04. The Morgan fingerprint density at radius 1 is 1.64 bits per heavy atom. The third kappa shape index (κ3) is 7.84. The van der Waals surface area contributed by atoms with E-state index in [-0.39, 0.29) is 12.6 Å². The largest absolute Gasteiger partial charge is 0.694 e. The molecule has 5 N–H and O–H groups in total. The first-order valence-corrected chi connectivity index (χ1v) is 4.54. The van der Waals surface area contributed by atoms with Gasteiger partial charge in [-0.1, -0.05) is 0 Å². The Labute approximate surface area is 66.7 Å². The predicted octanol–water partition coefficient (Wildman–Crippen LogP) is -0.281. The molecule has 0 aliphatic rings. The van der Waals surface area contributed by atoms with E-state index in [1.165, 1.54) is 0 Å². The highest BCUT2D eigenvalue weighted by Crippen LogP contribution is 2.14. The Balaban J connectivity index is 3.22. The van der Waals surface area contributed by atoms with Gasteiger partial charge < -0.3 is 11.5 Å². The molecule has 0 aliphatic carbocycles. The highest BCUT2D eigenvalue weighted by molar-refractivity contribution is 7.32. The van der Waals surface area contributed by atoms with Crippen molar-refractivity contribution in [3.63, 3.8) is 0 Å². The fourth-order valence-corrected chi connectivity index (χ4v) is 0.942. The Morgan fingerprint density at radius 3 is 2.73 bits per heavy atom. The Hall–Kier alpha value is -0.0600. The van der Waals surface area contributed by atoms with Gasteiger partial charge in [0.25, 0.3) is 0 Å². The molecular formula is C5H14N2O3P+. The minimum atomic E-state index is -2.51. The molecule has 66 valence electrons. The van der Waals surface area contributed by atoms with Gasteiger partial charge in [0.15, 0.2) is 0 Å². The number of nitrogens with two attached hydrogens (primary N) is 2. The average Bonchev–Trinajstić information content (AvgIpc) is 1.97. The normalized spacial score (nSPS) is 14.6. The van der Waals surface area contributed by atoms with Gasteiger partial charge in [0.05, 0.1) is 0 Å². The van der Waals surface area contributed by atoms with Gasteiger partial charge >= 0.3 is 8.25 Å². The molecule has 0 radical (unpaired) electrons. The van der Waals surface area contributed by atoms with Gasteiger partial charge in [-0.2, -0.15) is 0 Å². The van der Waals surface area contributed by atoms with E-state index in [2.05, 4.69) is 4.52 Å². The summed E-state index contributed by atoms with van der Waals surface area (Å²) < 4.78 is 14.4. The van der Waals surface area contributed by atoms with Crippen molar-refractivity contribution < 1.29 is 14.0 Å². The van der Waals surface area contributed by atoms with E-state index in [0.717, 1.165) is 12.8 Å². The lowest BCUT2D eigenvalue weighted by atomic mass is 10.2. The van der Waals surface area contributed by atoms with Crippen molar-refractivity contribution in [3.05, 3.63) is 0 Å². The molecule has 0 spiro atoms. The van der Waals surface area contributed by atoms with Crippen molar-refractivity contribution in [2.75, 3.05) is 13.2 Å². The number of hydrogen-bond acceptors (Lipinski definition) is 4. The van der Waals surface area contributed by atoms with Crippen LogP contribution in [0.5, 0.6) is 0 Å². The topological polar surface area (TPSA) is 98.6 Å². The molecule has 5 nitrogen and oxygen atoms in total. The Morgan fingerprint density at radius 2 is 2.27 bits per heavy atom. The Bertz CT molecular complexity index is 122. The molecule has 0 aromatic rings. The van der Waals surface area contributed by atoms with E-state index in [0.29, 0.717) is 6.54 Å². The highest BCUT2D eigenvalue weighted by Gasteiger charge is 2.14. The molecule has 0 bridgehead atoms. The molecule has 0 fully saturated rings. The molecule has 6 heteroatoms. The van der Waals surface area contributed by atoms with E-state index in [9.17, 15) is 4.57 Å². The Kier molecular flexibility index (Phi) is 6.60. The van der Waals surface area contributed by atoms with Crippen molar-refractivity contribution in [2.45, 2.75) is 18.9 Å². The van der Waals surface area contributed by atoms with Crippen molar-refractivity contribution >= 4 is 8.25 Å². The van der Waals surface area contributed by atoms with Gasteiger partial charge in [0.2, 0.25) is 0 Å². The molecule has 0 saturated heterocycles. The van der Waals surface area contributed by atoms with E-state index in [4.69, 9.17) is 16.4 Å². The van der Waals surface area contributed by atoms with Crippen LogP contribution in [0.2, 0.25) is 0 Å². The van der Waals surface area contributed by atoms with Gasteiger partial charge in [0.1, 0.15) is 6.61 Å². The van der Waals surface area contributed by atoms with Crippen LogP contribution in [-0.4, -0.2) is 24.1 Å². The maximum atomic E-state index is 10.0. The van der Waals surface area contributed by atoms with Crippen molar-refractivity contribution in [3.8, 4) is 0 Å². The van der Waals surface area contributed by atoms with E-state index < -0.39 is 8.25 Å². The van der Waals surface area contributed by atoms with Crippen LogP contribution >= 0.6 is 8.25 Å². The molecule has 0 aromatic heterocycles. The van der Waals surface area contributed by atoms with Gasteiger partial charge in [-0.3, -0.25) is 0 Å². The molecule has 11 heavy (non-hydrogen) atoms. The summed E-state index contributed by atoms with van der Waals surface area (Å²) in [6.07, 6.45) is 1.53. The fourth-order valence-electron chi connectivity index (χ4n) is 0.623. The van der Waals surface area contributed by atoms with Crippen LogP contribution in [0.15, 0.2) is 0 Å². The average molecular weight is 181 g/mol. The zero-order chi connectivity index (χ0) is 8.69. The van der Waals surface area contributed by atoms with Crippen LogP contribution in [-0.2, 0) is 9.09 Å². The van der Waals surface area contributed by atoms with Crippen LogP contribution in [0.4, 0.5) is 0 Å². The van der Waals surface area contributed by atoms with Crippen molar-refractivity contribution in [1.29, 1.82) is 0 Å². The highest BCUT2D eigenvalue weighted by atomic mass is 31.1. The molecule has 2 unspecified atom stereocenters. The molecule has 0 amide bonds. The summed E-state index contributed by atoms with van der Waals surface area (Å²) in [6, 6.07) is -0.190. The maximum absolute atomic E-state index is 10.0. The molecule has 0 rings (SSSR count). The standard InChI is InChI=1S/C5H13N2O3P/c6-3-1-2-5(7)4-10-11(8)9/h5H,1-4,6-7H2/p+1. The summed E-state index contributed by atoms with van der Waals surface area (Å²) in [5.41, 5.74) is 10.7. The van der Waals surface area contributed by atoms with Crippen molar-refractivity contribution in [1.82, 2.24) is 0 Å². The number of rotatable bonds is 6. The summed E-state index contributed by atoms with van der Waals surface area (Å²) in [5.74, 6) is 0. The van der Waals surface area contributed by atoms with Crippen molar-refractivity contribution in [2.24, 2.45) is 11.5 Å². The van der Waals surface area contributed by atoms with Gasteiger partial charge in [-0.25, -0.2) is 0 Å². The van der Waals surface area contributed by atoms with Crippen LogP contribution in [0, 0.1) is 0 Å². The second kappa shape index (κ2) is 6.64.